The first-order valence-electron chi connectivity index (χ1n) is 11.2. The number of carbonyl (C=O) groups excluding carboxylic acids is 1. The average molecular weight is 437 g/mol. The zero-order valence-corrected chi connectivity index (χ0v) is 18.4. The Balaban J connectivity index is 1.22. The fourth-order valence-electron chi connectivity index (χ4n) is 4.46. The molecule has 0 radical (unpaired) electrons. The molecular formula is C24H29FN6O. The van der Waals surface area contributed by atoms with Crippen molar-refractivity contribution in [1.82, 2.24) is 24.7 Å². The first-order valence-corrected chi connectivity index (χ1v) is 11.2. The topological polar surface area (TPSA) is 58.7 Å². The number of benzene rings is 2. The van der Waals surface area contributed by atoms with E-state index in [9.17, 15) is 9.18 Å². The van der Waals surface area contributed by atoms with Crippen LogP contribution >= 0.6 is 0 Å². The van der Waals surface area contributed by atoms with E-state index < -0.39 is 0 Å². The van der Waals surface area contributed by atoms with E-state index in [1.165, 1.54) is 6.07 Å². The molecule has 2 aromatic carbocycles. The summed E-state index contributed by atoms with van der Waals surface area (Å²) in [5.74, 6) is 0.738. The Kier molecular flexibility index (Phi) is 5.80. The molecular weight excluding hydrogens is 407 g/mol. The highest BCUT2D eigenvalue weighted by Gasteiger charge is 2.24. The zero-order valence-electron chi connectivity index (χ0n) is 18.4. The summed E-state index contributed by atoms with van der Waals surface area (Å²) in [5, 5.41) is 0. The summed E-state index contributed by atoms with van der Waals surface area (Å²) in [6.07, 6.45) is 0. The Hall–Kier alpha value is -2.97. The SMILES string of the molecule is CN1CCN(c2nc3ccc(C(=O)N4CCN(Cc5ccccc5F)CC4)cc3[nH]2)CC1. The van der Waals surface area contributed by atoms with Gasteiger partial charge in [-0.2, -0.15) is 0 Å². The Morgan fingerprint density at radius 1 is 1.00 bits per heavy atom. The van der Waals surface area contributed by atoms with Gasteiger partial charge in [-0.1, -0.05) is 18.2 Å². The van der Waals surface area contributed by atoms with Gasteiger partial charge in [0.15, 0.2) is 0 Å². The van der Waals surface area contributed by atoms with E-state index in [1.54, 1.807) is 6.07 Å². The number of anilines is 1. The molecule has 2 saturated heterocycles. The predicted molar refractivity (Wildman–Crippen MR) is 123 cm³/mol. The maximum absolute atomic E-state index is 13.9. The highest BCUT2D eigenvalue weighted by Crippen LogP contribution is 2.21. The second-order valence-corrected chi connectivity index (χ2v) is 8.74. The molecule has 32 heavy (non-hydrogen) atoms. The number of nitrogens with zero attached hydrogens (tertiary/aromatic N) is 5. The molecule has 1 aromatic heterocycles. The molecule has 2 fully saturated rings. The van der Waals surface area contributed by atoms with Crippen molar-refractivity contribution in [3.05, 3.63) is 59.4 Å². The van der Waals surface area contributed by atoms with Crippen molar-refractivity contribution in [1.29, 1.82) is 0 Å². The summed E-state index contributed by atoms with van der Waals surface area (Å²) in [5.41, 5.74) is 3.15. The number of amides is 1. The van der Waals surface area contributed by atoms with Gasteiger partial charge >= 0.3 is 0 Å². The van der Waals surface area contributed by atoms with Crippen LogP contribution in [0.1, 0.15) is 15.9 Å². The molecule has 1 N–H and O–H groups in total. The van der Waals surface area contributed by atoms with Crippen LogP contribution in [0.3, 0.4) is 0 Å². The lowest BCUT2D eigenvalue weighted by Gasteiger charge is -2.34. The monoisotopic (exact) mass is 436 g/mol. The molecule has 0 spiro atoms. The number of hydrogen-bond donors (Lipinski definition) is 1. The molecule has 0 aliphatic carbocycles. The Morgan fingerprint density at radius 2 is 1.75 bits per heavy atom. The number of nitrogens with one attached hydrogen (secondary N) is 1. The number of carbonyl (C=O) groups is 1. The molecule has 1 amide bonds. The van der Waals surface area contributed by atoms with E-state index in [1.807, 2.05) is 35.2 Å². The number of H-pyrrole nitrogens is 1. The number of hydrogen-bond acceptors (Lipinski definition) is 5. The van der Waals surface area contributed by atoms with Crippen LogP contribution in [0.25, 0.3) is 11.0 Å². The van der Waals surface area contributed by atoms with Crippen molar-refractivity contribution in [3.8, 4) is 0 Å². The number of aromatic nitrogens is 2. The van der Waals surface area contributed by atoms with Gasteiger partial charge in [-0.3, -0.25) is 9.69 Å². The molecule has 0 atom stereocenters. The zero-order chi connectivity index (χ0) is 22.1. The van der Waals surface area contributed by atoms with Crippen LogP contribution in [-0.2, 0) is 6.54 Å². The molecule has 5 rings (SSSR count). The van der Waals surface area contributed by atoms with E-state index in [0.717, 1.165) is 56.3 Å². The second-order valence-electron chi connectivity index (χ2n) is 8.74. The molecule has 0 bridgehead atoms. The van der Waals surface area contributed by atoms with Gasteiger partial charge in [0, 0.05) is 70.0 Å². The maximum Gasteiger partial charge on any atom is 0.254 e. The number of aromatic amines is 1. The summed E-state index contributed by atoms with van der Waals surface area (Å²) >= 11 is 0. The maximum atomic E-state index is 13.9. The van der Waals surface area contributed by atoms with Gasteiger partial charge in [0.25, 0.3) is 5.91 Å². The third-order valence-corrected chi connectivity index (χ3v) is 6.53. The van der Waals surface area contributed by atoms with Gasteiger partial charge in [0.05, 0.1) is 11.0 Å². The van der Waals surface area contributed by atoms with Crippen molar-refractivity contribution in [2.45, 2.75) is 6.54 Å². The van der Waals surface area contributed by atoms with E-state index in [0.29, 0.717) is 30.8 Å². The molecule has 0 unspecified atom stereocenters. The average Bonchev–Trinajstić information content (AvgIpc) is 3.24. The second kappa shape index (κ2) is 8.88. The Morgan fingerprint density at radius 3 is 2.50 bits per heavy atom. The van der Waals surface area contributed by atoms with Gasteiger partial charge in [0.1, 0.15) is 5.82 Å². The van der Waals surface area contributed by atoms with Crippen molar-refractivity contribution in [2.24, 2.45) is 0 Å². The molecule has 2 aliphatic rings. The van der Waals surface area contributed by atoms with Crippen LogP contribution in [0.4, 0.5) is 10.3 Å². The van der Waals surface area contributed by atoms with Crippen LogP contribution in [0, 0.1) is 5.82 Å². The first kappa shape index (κ1) is 20.9. The molecule has 7 nitrogen and oxygen atoms in total. The number of imidazole rings is 1. The van der Waals surface area contributed by atoms with E-state index in [4.69, 9.17) is 4.98 Å². The summed E-state index contributed by atoms with van der Waals surface area (Å²) < 4.78 is 13.9. The molecule has 168 valence electrons. The lowest BCUT2D eigenvalue weighted by molar-refractivity contribution is 0.0627. The van der Waals surface area contributed by atoms with Crippen LogP contribution in [-0.4, -0.2) is 90.0 Å². The quantitative estimate of drug-likeness (QED) is 0.681. The van der Waals surface area contributed by atoms with Gasteiger partial charge in [0.2, 0.25) is 5.95 Å². The molecule has 3 aromatic rings. The van der Waals surface area contributed by atoms with Gasteiger partial charge in [-0.05, 0) is 31.3 Å². The number of fused-ring (bicyclic) bond motifs is 1. The molecule has 0 saturated carbocycles. The lowest BCUT2D eigenvalue weighted by atomic mass is 10.1. The van der Waals surface area contributed by atoms with Gasteiger partial charge in [-0.15, -0.1) is 0 Å². The van der Waals surface area contributed by atoms with Crippen LogP contribution in [0.5, 0.6) is 0 Å². The van der Waals surface area contributed by atoms with E-state index in [-0.39, 0.29) is 11.7 Å². The normalized spacial score (nSPS) is 18.4. The molecule has 2 aliphatic heterocycles. The smallest absolute Gasteiger partial charge is 0.254 e. The van der Waals surface area contributed by atoms with E-state index in [2.05, 4.69) is 26.7 Å². The van der Waals surface area contributed by atoms with Gasteiger partial charge < -0.3 is 19.7 Å². The van der Waals surface area contributed by atoms with Crippen molar-refractivity contribution >= 4 is 22.9 Å². The lowest BCUT2D eigenvalue weighted by Crippen LogP contribution is -2.48. The first-order chi connectivity index (χ1) is 15.6. The Labute approximate surface area is 187 Å². The van der Waals surface area contributed by atoms with E-state index >= 15 is 0 Å². The number of halogens is 1. The Bertz CT molecular complexity index is 1100. The minimum Gasteiger partial charge on any atom is -0.340 e. The summed E-state index contributed by atoms with van der Waals surface area (Å²) in [4.78, 5) is 29.9. The molecule has 8 heteroatoms. The molecule has 3 heterocycles. The van der Waals surface area contributed by atoms with Crippen molar-refractivity contribution < 1.29 is 9.18 Å². The number of piperazine rings is 2. The highest BCUT2D eigenvalue weighted by atomic mass is 19.1. The van der Waals surface area contributed by atoms with Crippen molar-refractivity contribution in [2.75, 3.05) is 64.3 Å². The standard InChI is InChI=1S/C24H29FN6O/c1-28-8-12-31(13-9-28)24-26-21-7-6-18(16-22(21)27-24)23(32)30-14-10-29(11-15-30)17-19-4-2-3-5-20(19)25/h2-7,16H,8-15,17H2,1H3,(H,26,27). The summed E-state index contributed by atoms with van der Waals surface area (Å²) in [6.45, 7) is 7.25. The van der Waals surface area contributed by atoms with Crippen molar-refractivity contribution in [3.63, 3.8) is 0 Å². The van der Waals surface area contributed by atoms with Crippen LogP contribution < -0.4 is 4.90 Å². The third kappa shape index (κ3) is 4.33. The minimum atomic E-state index is -0.171. The van der Waals surface area contributed by atoms with Crippen LogP contribution in [0.2, 0.25) is 0 Å². The van der Waals surface area contributed by atoms with Crippen LogP contribution in [0.15, 0.2) is 42.5 Å². The highest BCUT2D eigenvalue weighted by molar-refractivity contribution is 5.97. The number of likely N-dealkylation sites (N-methyl/N-ethyl adjacent to an activating group) is 1. The summed E-state index contributed by atoms with van der Waals surface area (Å²) in [7, 11) is 2.13. The van der Waals surface area contributed by atoms with Gasteiger partial charge in [-0.25, -0.2) is 9.37 Å². The summed E-state index contributed by atoms with van der Waals surface area (Å²) in [6, 6.07) is 12.6. The minimum absolute atomic E-state index is 0.0354. The fourth-order valence-corrected chi connectivity index (χ4v) is 4.46. The largest absolute Gasteiger partial charge is 0.340 e. The number of rotatable bonds is 4. The predicted octanol–water partition coefficient (Wildman–Crippen LogP) is 2.41. The third-order valence-electron chi connectivity index (χ3n) is 6.53. The fraction of sp³-hybridized carbons (Fsp3) is 0.417.